The first-order valence-electron chi connectivity index (χ1n) is 9.57. The van der Waals surface area contributed by atoms with E-state index < -0.39 is 18.7 Å². The van der Waals surface area contributed by atoms with E-state index in [9.17, 15) is 22.0 Å². The van der Waals surface area contributed by atoms with Crippen LogP contribution in [0.15, 0.2) is 60.7 Å². The third-order valence-corrected chi connectivity index (χ3v) is 5.06. The van der Waals surface area contributed by atoms with Crippen LogP contribution in [0, 0.1) is 0 Å². The van der Waals surface area contributed by atoms with Gasteiger partial charge in [-0.2, -0.15) is 22.0 Å². The summed E-state index contributed by atoms with van der Waals surface area (Å²) in [6.07, 6.45) is -5.20. The number of benzene rings is 3. The van der Waals surface area contributed by atoms with Crippen molar-refractivity contribution in [2.24, 2.45) is 5.73 Å². The molecule has 0 bridgehead atoms. The van der Waals surface area contributed by atoms with Gasteiger partial charge in [-0.1, -0.05) is 36.4 Å². The van der Waals surface area contributed by atoms with Crippen LogP contribution in [0.1, 0.15) is 17.0 Å². The summed E-state index contributed by atoms with van der Waals surface area (Å²) in [5.74, 6) is -4.39. The van der Waals surface area contributed by atoms with Crippen LogP contribution < -0.4 is 15.2 Å². The van der Waals surface area contributed by atoms with E-state index in [0.717, 1.165) is 16.3 Å². The minimum Gasteiger partial charge on any atom is -0.497 e. The highest BCUT2D eigenvalue weighted by molar-refractivity contribution is 5.87. The van der Waals surface area contributed by atoms with Gasteiger partial charge in [0.15, 0.2) is 6.61 Å². The molecule has 0 aliphatic carbocycles. The summed E-state index contributed by atoms with van der Waals surface area (Å²) >= 11 is 0. The van der Waals surface area contributed by atoms with Gasteiger partial charge in [0, 0.05) is 5.92 Å². The number of hydrogen-bond donors (Lipinski definition) is 1. The first kappa shape index (κ1) is 22.8. The zero-order valence-electron chi connectivity index (χ0n) is 16.8. The van der Waals surface area contributed by atoms with E-state index in [0.29, 0.717) is 24.3 Å². The molecule has 0 aromatic heterocycles. The Hall–Kier alpha value is -2.87. The van der Waals surface area contributed by atoms with Crippen molar-refractivity contribution in [1.82, 2.24) is 0 Å². The third-order valence-electron chi connectivity index (χ3n) is 5.06. The van der Waals surface area contributed by atoms with E-state index in [2.05, 4.69) is 0 Å². The maximum atomic E-state index is 13.1. The second kappa shape index (κ2) is 9.09. The Bertz CT molecular complexity index is 1040. The van der Waals surface area contributed by atoms with Crippen LogP contribution in [-0.4, -0.2) is 32.4 Å². The highest BCUT2D eigenvalue weighted by atomic mass is 19.4. The summed E-state index contributed by atoms with van der Waals surface area (Å²) in [7, 11) is 1.58. The lowest BCUT2D eigenvalue weighted by Crippen LogP contribution is -2.41. The molecule has 0 aliphatic heterocycles. The number of fused-ring (bicyclic) bond motifs is 1. The Balaban J connectivity index is 1.82. The predicted octanol–water partition coefficient (Wildman–Crippen LogP) is 5.71. The number of methoxy groups -OCH3 is 1. The number of ether oxygens (including phenoxy) is 2. The lowest BCUT2D eigenvalue weighted by molar-refractivity contribution is -0.290. The Kier molecular flexibility index (Phi) is 6.69. The Morgan fingerprint density at radius 2 is 1.65 bits per heavy atom. The van der Waals surface area contributed by atoms with Crippen molar-refractivity contribution in [3.8, 4) is 11.5 Å². The van der Waals surface area contributed by atoms with Crippen molar-refractivity contribution < 1.29 is 31.4 Å². The summed E-state index contributed by atoms with van der Waals surface area (Å²) in [6, 6.07) is 17.7. The maximum absolute atomic E-state index is 13.1. The molecule has 0 amide bonds. The fourth-order valence-electron chi connectivity index (χ4n) is 3.38. The molecule has 3 aromatic carbocycles. The number of halogens is 5. The lowest BCUT2D eigenvalue weighted by atomic mass is 9.88. The fraction of sp³-hybridized carbons (Fsp3) is 0.304. The standard InChI is InChI=1S/C23H22F5NO2/c1-30-18-9-8-16-5-3-7-20(21(16)12-18)17(13-29)10-15-4-2-6-19(11-15)31-14-22(24,25)23(26,27)28/h2-9,11-12,17H,10,13-14,29H2,1H3. The summed E-state index contributed by atoms with van der Waals surface area (Å²) in [5.41, 5.74) is 7.73. The van der Waals surface area contributed by atoms with E-state index in [1.165, 1.54) is 12.1 Å². The molecule has 31 heavy (non-hydrogen) atoms. The van der Waals surface area contributed by atoms with Crippen LogP contribution in [0.5, 0.6) is 11.5 Å². The Labute approximate surface area is 176 Å². The monoisotopic (exact) mass is 439 g/mol. The molecule has 0 spiro atoms. The van der Waals surface area contributed by atoms with Gasteiger partial charge in [-0.3, -0.25) is 0 Å². The van der Waals surface area contributed by atoms with Gasteiger partial charge in [0.05, 0.1) is 7.11 Å². The highest BCUT2D eigenvalue weighted by Gasteiger charge is 2.58. The second-order valence-corrected chi connectivity index (χ2v) is 7.21. The summed E-state index contributed by atoms with van der Waals surface area (Å²) in [6.45, 7) is -1.46. The fourth-order valence-corrected chi connectivity index (χ4v) is 3.38. The highest BCUT2D eigenvalue weighted by Crippen LogP contribution is 2.36. The number of rotatable bonds is 8. The SMILES string of the molecule is COc1ccc2cccc(C(CN)Cc3cccc(OCC(F)(F)C(F)(F)F)c3)c2c1. The maximum Gasteiger partial charge on any atom is 0.456 e. The Morgan fingerprint density at radius 3 is 2.32 bits per heavy atom. The van der Waals surface area contributed by atoms with Gasteiger partial charge in [0.25, 0.3) is 0 Å². The molecule has 0 saturated heterocycles. The van der Waals surface area contributed by atoms with Crippen molar-refractivity contribution >= 4 is 10.8 Å². The summed E-state index contributed by atoms with van der Waals surface area (Å²) in [5, 5.41) is 2.00. The molecule has 3 rings (SSSR count). The van der Waals surface area contributed by atoms with Crippen LogP contribution in [0.4, 0.5) is 22.0 Å². The van der Waals surface area contributed by atoms with Crippen molar-refractivity contribution in [3.63, 3.8) is 0 Å². The number of nitrogens with two attached hydrogens (primary N) is 1. The molecule has 166 valence electrons. The van der Waals surface area contributed by atoms with Crippen LogP contribution >= 0.6 is 0 Å². The first-order chi connectivity index (χ1) is 14.6. The minimum absolute atomic E-state index is 0.0585. The third kappa shape index (κ3) is 5.25. The van der Waals surface area contributed by atoms with Crippen LogP contribution in [0.3, 0.4) is 0 Å². The predicted molar refractivity (Wildman–Crippen MR) is 109 cm³/mol. The first-order valence-corrected chi connectivity index (χ1v) is 9.57. The molecule has 3 nitrogen and oxygen atoms in total. The summed E-state index contributed by atoms with van der Waals surface area (Å²) in [4.78, 5) is 0. The van der Waals surface area contributed by atoms with Gasteiger partial charge < -0.3 is 15.2 Å². The molecule has 8 heteroatoms. The van der Waals surface area contributed by atoms with Crippen molar-refractivity contribution in [2.75, 3.05) is 20.3 Å². The zero-order valence-corrected chi connectivity index (χ0v) is 16.8. The second-order valence-electron chi connectivity index (χ2n) is 7.21. The van der Waals surface area contributed by atoms with Gasteiger partial charge in [-0.25, -0.2) is 0 Å². The lowest BCUT2D eigenvalue weighted by Gasteiger charge is -2.21. The van der Waals surface area contributed by atoms with Crippen LogP contribution in [0.25, 0.3) is 10.8 Å². The van der Waals surface area contributed by atoms with E-state index in [4.69, 9.17) is 15.2 Å². The van der Waals surface area contributed by atoms with E-state index >= 15 is 0 Å². The average Bonchev–Trinajstić information content (AvgIpc) is 2.75. The average molecular weight is 439 g/mol. The van der Waals surface area contributed by atoms with Crippen molar-refractivity contribution in [1.29, 1.82) is 0 Å². The Morgan fingerprint density at radius 1 is 0.903 bits per heavy atom. The molecular weight excluding hydrogens is 417 g/mol. The molecule has 0 saturated carbocycles. The minimum atomic E-state index is -5.66. The van der Waals surface area contributed by atoms with Crippen molar-refractivity contribution in [2.45, 2.75) is 24.4 Å². The molecule has 0 fully saturated rings. The summed E-state index contributed by atoms with van der Waals surface area (Å²) < 4.78 is 73.4. The molecule has 1 atom stereocenters. The molecule has 3 aromatic rings. The smallest absolute Gasteiger partial charge is 0.456 e. The van der Waals surface area contributed by atoms with Gasteiger partial charge in [0.1, 0.15) is 11.5 Å². The van der Waals surface area contributed by atoms with E-state index in [1.807, 2.05) is 36.4 Å². The molecule has 0 radical (unpaired) electrons. The molecule has 0 aliphatic rings. The molecular formula is C23H22F5NO2. The van der Waals surface area contributed by atoms with Gasteiger partial charge in [-0.15, -0.1) is 0 Å². The van der Waals surface area contributed by atoms with Crippen LogP contribution in [0.2, 0.25) is 0 Å². The van der Waals surface area contributed by atoms with Gasteiger partial charge in [0.2, 0.25) is 0 Å². The topological polar surface area (TPSA) is 44.5 Å². The van der Waals surface area contributed by atoms with Gasteiger partial charge >= 0.3 is 12.1 Å². The number of hydrogen-bond acceptors (Lipinski definition) is 3. The molecule has 1 unspecified atom stereocenters. The zero-order chi connectivity index (χ0) is 22.6. The largest absolute Gasteiger partial charge is 0.497 e. The van der Waals surface area contributed by atoms with Crippen LogP contribution in [-0.2, 0) is 6.42 Å². The number of alkyl halides is 5. The molecule has 2 N–H and O–H groups in total. The van der Waals surface area contributed by atoms with E-state index in [-0.39, 0.29) is 11.7 Å². The quantitative estimate of drug-likeness (QED) is 0.458. The van der Waals surface area contributed by atoms with Crippen molar-refractivity contribution in [3.05, 3.63) is 71.8 Å². The van der Waals surface area contributed by atoms with Gasteiger partial charge in [-0.05, 0) is 59.1 Å². The normalized spacial score (nSPS) is 13.3. The van der Waals surface area contributed by atoms with E-state index in [1.54, 1.807) is 19.2 Å². The molecule has 0 heterocycles.